The second-order valence-electron chi connectivity index (χ2n) is 2.89. The lowest BCUT2D eigenvalue weighted by molar-refractivity contribution is -0.142. The maximum atomic E-state index is 11.2. The van der Waals surface area contributed by atoms with E-state index in [1.54, 1.807) is 25.3 Å². The van der Waals surface area contributed by atoms with Gasteiger partial charge in [-0.1, -0.05) is 6.07 Å². The van der Waals surface area contributed by atoms with E-state index in [2.05, 4.69) is 20.7 Å². The highest BCUT2D eigenvalue weighted by Crippen LogP contribution is 2.27. The molecule has 0 amide bonds. The zero-order valence-electron chi connectivity index (χ0n) is 8.90. The van der Waals surface area contributed by atoms with E-state index in [4.69, 9.17) is 10.5 Å². The average Bonchev–Trinajstić information content (AvgIpc) is 2.26. The van der Waals surface area contributed by atoms with Crippen LogP contribution in [0.25, 0.3) is 0 Å². The topological polar surface area (TPSA) is 61.5 Å². The van der Waals surface area contributed by atoms with Gasteiger partial charge in [0, 0.05) is 0 Å². The summed E-state index contributed by atoms with van der Waals surface area (Å²) in [5, 5.41) is 0. The lowest BCUT2D eigenvalue weighted by atomic mass is 10.1. The highest BCUT2D eigenvalue weighted by molar-refractivity contribution is 9.10. The molecule has 1 rings (SSSR count). The van der Waals surface area contributed by atoms with E-state index < -0.39 is 12.0 Å². The van der Waals surface area contributed by atoms with Crippen molar-refractivity contribution < 1.29 is 14.3 Å². The Morgan fingerprint density at radius 2 is 2.06 bits per heavy atom. The van der Waals surface area contributed by atoms with Crippen molar-refractivity contribution in [2.45, 2.75) is 6.04 Å². The zero-order chi connectivity index (χ0) is 11.4. The van der Waals surface area contributed by atoms with E-state index in [9.17, 15) is 4.79 Å². The number of nitrogens with two attached hydrogens (primary N) is 1. The first kappa shape index (κ1) is 15.2. The molecule has 0 aliphatic carbocycles. The van der Waals surface area contributed by atoms with Crippen LogP contribution in [-0.4, -0.2) is 20.2 Å². The summed E-state index contributed by atoms with van der Waals surface area (Å²) in [5.41, 5.74) is 6.35. The molecule has 0 aromatic heterocycles. The molecule has 0 aliphatic heterocycles. The molecule has 16 heavy (non-hydrogen) atoms. The number of carbonyl (C=O) groups excluding carboxylic acids is 1. The summed E-state index contributed by atoms with van der Waals surface area (Å²) in [6.07, 6.45) is 0. The molecule has 0 unspecified atom stereocenters. The summed E-state index contributed by atoms with van der Waals surface area (Å²) in [7, 11) is 2.88. The summed E-state index contributed by atoms with van der Waals surface area (Å²) in [5.74, 6) is 0.225. The van der Waals surface area contributed by atoms with Crippen molar-refractivity contribution in [1.29, 1.82) is 0 Å². The summed E-state index contributed by atoms with van der Waals surface area (Å²) < 4.78 is 10.4. The molecule has 0 bridgehead atoms. The molecule has 2 N–H and O–H groups in total. The van der Waals surface area contributed by atoms with Crippen LogP contribution >= 0.6 is 28.3 Å². The molecule has 0 heterocycles. The minimum absolute atomic E-state index is 0. The third-order valence-electron chi connectivity index (χ3n) is 1.99. The first-order valence-electron chi connectivity index (χ1n) is 4.27. The summed E-state index contributed by atoms with van der Waals surface area (Å²) in [6, 6.07) is 4.44. The van der Waals surface area contributed by atoms with Gasteiger partial charge in [0.25, 0.3) is 0 Å². The Hall–Kier alpha value is -0.780. The van der Waals surface area contributed by atoms with Gasteiger partial charge in [0.2, 0.25) is 0 Å². The molecule has 0 spiro atoms. The number of carbonyl (C=O) groups is 1. The van der Waals surface area contributed by atoms with Crippen LogP contribution in [0.2, 0.25) is 0 Å². The SMILES string of the molecule is COC(=O)[C@H](N)c1ccc(OC)c(Br)c1.Cl. The van der Waals surface area contributed by atoms with Gasteiger partial charge in [-0.2, -0.15) is 0 Å². The summed E-state index contributed by atoms with van der Waals surface area (Å²) >= 11 is 3.31. The molecular weight excluding hydrogens is 297 g/mol. The summed E-state index contributed by atoms with van der Waals surface area (Å²) in [6.45, 7) is 0. The highest BCUT2D eigenvalue weighted by atomic mass is 79.9. The van der Waals surface area contributed by atoms with Crippen molar-refractivity contribution in [3.05, 3.63) is 28.2 Å². The van der Waals surface area contributed by atoms with Gasteiger partial charge in [-0.05, 0) is 33.6 Å². The molecule has 4 nitrogen and oxygen atoms in total. The van der Waals surface area contributed by atoms with Gasteiger partial charge in [-0.25, -0.2) is 0 Å². The van der Waals surface area contributed by atoms with E-state index in [1.165, 1.54) is 7.11 Å². The Kier molecular flexibility index (Phi) is 6.40. The van der Waals surface area contributed by atoms with Crippen LogP contribution in [0.4, 0.5) is 0 Å². The minimum atomic E-state index is -0.766. The molecule has 90 valence electrons. The van der Waals surface area contributed by atoms with Crippen molar-refractivity contribution in [3.63, 3.8) is 0 Å². The van der Waals surface area contributed by atoms with Crippen LogP contribution in [0.1, 0.15) is 11.6 Å². The van der Waals surface area contributed by atoms with Crippen LogP contribution in [0.5, 0.6) is 5.75 Å². The van der Waals surface area contributed by atoms with Gasteiger partial charge in [-0.15, -0.1) is 12.4 Å². The van der Waals surface area contributed by atoms with Crippen molar-refractivity contribution in [2.75, 3.05) is 14.2 Å². The van der Waals surface area contributed by atoms with Gasteiger partial charge < -0.3 is 15.2 Å². The van der Waals surface area contributed by atoms with Gasteiger partial charge in [0.1, 0.15) is 11.8 Å². The highest BCUT2D eigenvalue weighted by Gasteiger charge is 2.17. The average molecular weight is 311 g/mol. The fourth-order valence-electron chi connectivity index (χ4n) is 1.14. The van der Waals surface area contributed by atoms with Gasteiger partial charge in [0.05, 0.1) is 18.7 Å². The molecule has 0 saturated carbocycles. The first-order chi connectivity index (χ1) is 7.10. The van der Waals surface area contributed by atoms with Crippen LogP contribution in [0.3, 0.4) is 0 Å². The van der Waals surface area contributed by atoms with Crippen molar-refractivity contribution >= 4 is 34.3 Å². The van der Waals surface area contributed by atoms with Crippen LogP contribution in [0, 0.1) is 0 Å². The summed E-state index contributed by atoms with van der Waals surface area (Å²) in [4.78, 5) is 11.2. The first-order valence-corrected chi connectivity index (χ1v) is 5.06. The second-order valence-corrected chi connectivity index (χ2v) is 3.75. The maximum Gasteiger partial charge on any atom is 0.327 e. The van der Waals surface area contributed by atoms with Gasteiger partial charge in [0.15, 0.2) is 0 Å². The Labute approximate surface area is 109 Å². The lowest BCUT2D eigenvalue weighted by Crippen LogP contribution is -2.22. The molecule has 1 aromatic carbocycles. The smallest absolute Gasteiger partial charge is 0.327 e. The van der Waals surface area contributed by atoms with E-state index in [-0.39, 0.29) is 12.4 Å². The van der Waals surface area contributed by atoms with E-state index in [0.717, 1.165) is 4.47 Å². The molecule has 1 aromatic rings. The molecule has 0 fully saturated rings. The van der Waals surface area contributed by atoms with Crippen molar-refractivity contribution in [2.24, 2.45) is 5.73 Å². The van der Waals surface area contributed by atoms with Gasteiger partial charge in [-0.3, -0.25) is 4.79 Å². The predicted octanol–water partition coefficient (Wildman–Crippen LogP) is 2.05. The Morgan fingerprint density at radius 3 is 2.50 bits per heavy atom. The fraction of sp³-hybridized carbons (Fsp3) is 0.300. The number of hydrogen-bond acceptors (Lipinski definition) is 4. The zero-order valence-corrected chi connectivity index (χ0v) is 11.3. The normalized spacial score (nSPS) is 11.2. The Balaban J connectivity index is 0.00000225. The minimum Gasteiger partial charge on any atom is -0.496 e. The largest absolute Gasteiger partial charge is 0.496 e. The number of benzene rings is 1. The van der Waals surface area contributed by atoms with Crippen LogP contribution < -0.4 is 10.5 Å². The third-order valence-corrected chi connectivity index (χ3v) is 2.61. The van der Waals surface area contributed by atoms with Gasteiger partial charge >= 0.3 is 5.97 Å². The second kappa shape index (κ2) is 6.73. The van der Waals surface area contributed by atoms with E-state index >= 15 is 0 Å². The number of hydrogen-bond donors (Lipinski definition) is 1. The van der Waals surface area contributed by atoms with Crippen LogP contribution in [0.15, 0.2) is 22.7 Å². The predicted molar refractivity (Wildman–Crippen MR) is 66.9 cm³/mol. The number of methoxy groups -OCH3 is 2. The standard InChI is InChI=1S/C10H12BrNO3.ClH/c1-14-8-4-3-6(5-7(8)11)9(12)10(13)15-2;/h3-5,9H,12H2,1-2H3;1H/t9-;/m1./s1. The Bertz CT molecular complexity index is 373. The lowest BCUT2D eigenvalue weighted by Gasteiger charge is -2.11. The molecule has 1 atom stereocenters. The molecule has 0 radical (unpaired) electrons. The van der Waals surface area contributed by atoms with E-state index in [0.29, 0.717) is 11.3 Å². The van der Waals surface area contributed by atoms with Crippen molar-refractivity contribution in [1.82, 2.24) is 0 Å². The molecule has 0 saturated heterocycles. The quantitative estimate of drug-likeness (QED) is 0.868. The van der Waals surface area contributed by atoms with Crippen LogP contribution in [-0.2, 0) is 9.53 Å². The molecule has 0 aliphatic rings. The number of rotatable bonds is 3. The monoisotopic (exact) mass is 309 g/mol. The fourth-order valence-corrected chi connectivity index (χ4v) is 1.70. The van der Waals surface area contributed by atoms with Crippen molar-refractivity contribution in [3.8, 4) is 5.75 Å². The number of halogens is 2. The third kappa shape index (κ3) is 3.37. The number of esters is 1. The number of ether oxygens (including phenoxy) is 2. The van der Waals surface area contributed by atoms with E-state index in [1.807, 2.05) is 0 Å². The maximum absolute atomic E-state index is 11.2. The molecule has 6 heteroatoms. The molecular formula is C10H13BrClNO3. The Morgan fingerprint density at radius 1 is 1.44 bits per heavy atom.